The van der Waals surface area contributed by atoms with Crippen molar-refractivity contribution in [2.75, 3.05) is 20.2 Å². The van der Waals surface area contributed by atoms with Gasteiger partial charge in [0.25, 0.3) is 8.18 Å². The monoisotopic (exact) mass is 224 g/mol. The highest BCUT2D eigenvalue weighted by atomic mass is 31.1. The third-order valence-electron chi connectivity index (χ3n) is 1.87. The average Bonchev–Trinajstić information content (AvgIpc) is 2.22. The van der Waals surface area contributed by atoms with E-state index in [1.165, 1.54) is 0 Å². The molecule has 0 aromatic rings. The van der Waals surface area contributed by atoms with E-state index in [4.69, 9.17) is 15.0 Å². The maximum Gasteiger partial charge on any atom is 0.258 e. The van der Waals surface area contributed by atoms with Crippen LogP contribution in [0.2, 0.25) is 0 Å². The van der Waals surface area contributed by atoms with E-state index in [1.807, 2.05) is 13.8 Å². The molecule has 0 amide bonds. The minimum atomic E-state index is -2.11. The van der Waals surface area contributed by atoms with Crippen LogP contribution in [-0.4, -0.2) is 32.4 Å². The fourth-order valence-corrected chi connectivity index (χ4v) is 1.31. The van der Waals surface area contributed by atoms with Gasteiger partial charge in [-0.1, -0.05) is 6.92 Å². The second kappa shape index (κ2) is 8.38. The van der Waals surface area contributed by atoms with Gasteiger partial charge in [-0.15, -0.1) is 0 Å². The quantitative estimate of drug-likeness (QED) is 0.595. The Bertz CT molecular complexity index is 169. The Morgan fingerprint density at radius 1 is 1.57 bits per heavy atom. The van der Waals surface area contributed by atoms with Gasteiger partial charge in [0.05, 0.1) is 18.8 Å². The lowest BCUT2D eigenvalue weighted by Gasteiger charge is -2.19. The van der Waals surface area contributed by atoms with Crippen molar-refractivity contribution in [2.45, 2.75) is 32.5 Å². The molecule has 0 aromatic heterocycles. The molecule has 0 aliphatic rings. The van der Waals surface area contributed by atoms with E-state index in [0.717, 1.165) is 6.42 Å². The lowest BCUT2D eigenvalue weighted by Crippen LogP contribution is -2.31. The zero-order valence-corrected chi connectivity index (χ0v) is 10.1. The topological polar surface area (TPSA) is 73.6 Å². The molecule has 0 radical (unpaired) electrons. The van der Waals surface area contributed by atoms with Gasteiger partial charge < -0.3 is 15.0 Å². The lowest BCUT2D eigenvalue weighted by molar-refractivity contribution is -0.0204. The third-order valence-corrected chi connectivity index (χ3v) is 2.70. The molecule has 0 aliphatic carbocycles. The molecule has 0 heterocycles. The van der Waals surface area contributed by atoms with Crippen molar-refractivity contribution in [3.05, 3.63) is 0 Å². The predicted octanol–water partition coefficient (Wildman–Crippen LogP) is 0.754. The van der Waals surface area contributed by atoms with E-state index in [0.29, 0.717) is 6.54 Å². The summed E-state index contributed by atoms with van der Waals surface area (Å²) in [5.74, 6) is 0. The normalized spacial score (nSPS) is 17.7. The van der Waals surface area contributed by atoms with Crippen molar-refractivity contribution in [3.63, 3.8) is 0 Å². The first-order valence-corrected chi connectivity index (χ1v) is 6.15. The van der Waals surface area contributed by atoms with Crippen LogP contribution >= 0.6 is 8.18 Å². The average molecular weight is 224 g/mol. The van der Waals surface area contributed by atoms with Gasteiger partial charge in [0.2, 0.25) is 0 Å². The molecule has 6 heteroatoms. The van der Waals surface area contributed by atoms with Crippen LogP contribution in [-0.2, 0) is 13.8 Å². The number of hydrogen-bond donors (Lipinski definition) is 2. The Kier molecular flexibility index (Phi) is 8.43. The molecule has 5 nitrogen and oxygen atoms in total. The third kappa shape index (κ3) is 6.51. The number of ether oxygens (including phenoxy) is 1. The van der Waals surface area contributed by atoms with E-state index in [2.05, 4.69) is 5.09 Å². The second-order valence-electron chi connectivity index (χ2n) is 3.06. The number of rotatable bonds is 8. The van der Waals surface area contributed by atoms with Crippen LogP contribution in [0, 0.1) is 0 Å². The van der Waals surface area contributed by atoms with Gasteiger partial charge in [0.15, 0.2) is 0 Å². The number of nitrogens with two attached hydrogens (primary N) is 1. The van der Waals surface area contributed by atoms with Crippen molar-refractivity contribution in [1.29, 1.82) is 0 Å². The summed E-state index contributed by atoms with van der Waals surface area (Å²) in [5, 5.41) is 2.54. The highest BCUT2D eigenvalue weighted by Gasteiger charge is 2.11. The van der Waals surface area contributed by atoms with Crippen molar-refractivity contribution in [3.8, 4) is 0 Å². The molecule has 0 bridgehead atoms. The van der Waals surface area contributed by atoms with E-state index in [1.54, 1.807) is 7.05 Å². The fourth-order valence-electron chi connectivity index (χ4n) is 0.828. The van der Waals surface area contributed by atoms with E-state index in [9.17, 15) is 4.57 Å². The van der Waals surface area contributed by atoms with Crippen molar-refractivity contribution < 1.29 is 13.8 Å². The molecule has 0 saturated carbocycles. The van der Waals surface area contributed by atoms with Crippen LogP contribution in [0.25, 0.3) is 0 Å². The second-order valence-corrected chi connectivity index (χ2v) is 4.42. The van der Waals surface area contributed by atoms with Gasteiger partial charge in [-0.25, -0.2) is 0 Å². The molecular weight excluding hydrogens is 203 g/mol. The van der Waals surface area contributed by atoms with Crippen molar-refractivity contribution >= 4 is 8.18 Å². The minimum Gasteiger partial charge on any atom is -0.372 e. The van der Waals surface area contributed by atoms with Gasteiger partial charge in [-0.2, -0.15) is 0 Å². The lowest BCUT2D eigenvalue weighted by atomic mass is 10.3. The van der Waals surface area contributed by atoms with Gasteiger partial charge >= 0.3 is 0 Å². The smallest absolute Gasteiger partial charge is 0.258 e. The first-order valence-electron chi connectivity index (χ1n) is 4.84. The van der Waals surface area contributed by atoms with Gasteiger partial charge in [0.1, 0.15) is 0 Å². The largest absolute Gasteiger partial charge is 0.372 e. The van der Waals surface area contributed by atoms with Crippen LogP contribution in [0.4, 0.5) is 0 Å². The molecule has 1 unspecified atom stereocenters. The molecule has 0 rings (SSSR count). The molecule has 0 spiro atoms. The Labute approximate surface area is 86.3 Å². The summed E-state index contributed by atoms with van der Waals surface area (Å²) in [5.41, 5.74) is 5.49. The molecule has 0 aromatic carbocycles. The van der Waals surface area contributed by atoms with Crippen molar-refractivity contribution in [1.82, 2.24) is 5.09 Å². The number of nitrogens with one attached hydrogen (secondary N) is 1. The Morgan fingerprint density at radius 2 is 2.21 bits per heavy atom. The van der Waals surface area contributed by atoms with Gasteiger partial charge in [-0.3, -0.25) is 9.65 Å². The highest BCUT2D eigenvalue weighted by Crippen LogP contribution is 2.15. The molecule has 86 valence electrons. The van der Waals surface area contributed by atoms with Crippen LogP contribution in [0.15, 0.2) is 0 Å². The zero-order chi connectivity index (χ0) is 11.0. The standard InChI is InChI=1S/C8H21N2O3P/c1-4-7(2)13-8(5-9)6-12-14(11)10-3/h7-8,14H,4-6,9H2,1-3H3,(H,10,11)/t7-,8-/m0/s1. The summed E-state index contributed by atoms with van der Waals surface area (Å²) < 4.78 is 21.5. The van der Waals surface area contributed by atoms with Crippen molar-refractivity contribution in [2.24, 2.45) is 5.73 Å². The van der Waals surface area contributed by atoms with Gasteiger partial charge in [-0.05, 0) is 20.4 Å². The molecule has 14 heavy (non-hydrogen) atoms. The van der Waals surface area contributed by atoms with Crippen LogP contribution in [0.1, 0.15) is 20.3 Å². The van der Waals surface area contributed by atoms with Gasteiger partial charge in [0, 0.05) is 6.54 Å². The molecule has 3 N–H and O–H groups in total. The first-order chi connectivity index (χ1) is 6.63. The predicted molar refractivity (Wildman–Crippen MR) is 57.7 cm³/mol. The Morgan fingerprint density at radius 3 is 2.64 bits per heavy atom. The zero-order valence-electron chi connectivity index (χ0n) is 9.08. The summed E-state index contributed by atoms with van der Waals surface area (Å²) in [6.07, 6.45) is 0.911. The van der Waals surface area contributed by atoms with Crippen LogP contribution in [0.5, 0.6) is 0 Å². The SMILES string of the molecule is CC[C@H](C)O[C@@H](CN)CO[PH](=O)NC. The molecule has 0 aliphatic heterocycles. The maximum atomic E-state index is 10.9. The summed E-state index contributed by atoms with van der Waals surface area (Å²) in [7, 11) is -0.520. The molecule has 0 fully saturated rings. The summed E-state index contributed by atoms with van der Waals surface area (Å²) >= 11 is 0. The first kappa shape index (κ1) is 14.1. The summed E-state index contributed by atoms with van der Waals surface area (Å²) in [4.78, 5) is 0. The summed E-state index contributed by atoms with van der Waals surface area (Å²) in [6, 6.07) is 0. The van der Waals surface area contributed by atoms with Crippen LogP contribution in [0.3, 0.4) is 0 Å². The fraction of sp³-hybridized carbons (Fsp3) is 1.00. The molecule has 0 saturated heterocycles. The Hall–Kier alpha value is 0.0700. The van der Waals surface area contributed by atoms with E-state index in [-0.39, 0.29) is 18.8 Å². The van der Waals surface area contributed by atoms with E-state index < -0.39 is 8.18 Å². The molecule has 3 atom stereocenters. The highest BCUT2D eigenvalue weighted by molar-refractivity contribution is 7.36. The van der Waals surface area contributed by atoms with Crippen LogP contribution < -0.4 is 10.8 Å². The Balaban J connectivity index is 3.73. The number of hydrogen-bond acceptors (Lipinski definition) is 4. The summed E-state index contributed by atoms with van der Waals surface area (Å²) in [6.45, 7) is 4.67. The van der Waals surface area contributed by atoms with E-state index >= 15 is 0 Å². The molecular formula is C8H21N2O3P. The minimum absolute atomic E-state index is 0.157. The maximum absolute atomic E-state index is 10.9.